The lowest BCUT2D eigenvalue weighted by atomic mass is 10.1. The maximum atomic E-state index is 12.6. The molecule has 1 aliphatic rings. The highest BCUT2D eigenvalue weighted by Gasteiger charge is 2.42. The number of imide groups is 1. The number of thioether (sulfide) groups is 1. The number of anilines is 2. The van der Waals surface area contributed by atoms with Crippen LogP contribution in [0.5, 0.6) is 5.75 Å². The summed E-state index contributed by atoms with van der Waals surface area (Å²) < 4.78 is 0. The van der Waals surface area contributed by atoms with Crippen molar-refractivity contribution in [1.29, 1.82) is 0 Å². The lowest BCUT2D eigenvalue weighted by Gasteiger charge is -2.16. The van der Waals surface area contributed by atoms with Crippen LogP contribution in [0.25, 0.3) is 0 Å². The number of aromatic hydroxyl groups is 1. The zero-order valence-electron chi connectivity index (χ0n) is 14.4. The first-order valence-corrected chi connectivity index (χ1v) is 8.94. The average molecular weight is 370 g/mol. The standard InChI is InChI=1S/C19H18N2O4S/c1-11-7-8-15(22)13(9-11)20-17(23)10-16-18(24)21(19(25)26-16)14-6-4-3-5-12(14)2/h3-9,16,22H,10H2,1-2H3,(H,20,23). The predicted molar refractivity (Wildman–Crippen MR) is 102 cm³/mol. The average Bonchev–Trinajstić information content (AvgIpc) is 2.85. The van der Waals surface area contributed by atoms with Gasteiger partial charge in [-0.05, 0) is 54.9 Å². The molecule has 0 saturated carbocycles. The van der Waals surface area contributed by atoms with Gasteiger partial charge < -0.3 is 10.4 Å². The molecule has 1 unspecified atom stereocenters. The number of nitrogens with zero attached hydrogens (tertiary/aromatic N) is 1. The van der Waals surface area contributed by atoms with E-state index < -0.39 is 17.1 Å². The van der Waals surface area contributed by atoms with E-state index >= 15 is 0 Å². The summed E-state index contributed by atoms with van der Waals surface area (Å²) in [6.07, 6.45) is -0.148. The van der Waals surface area contributed by atoms with Crippen LogP contribution in [0.2, 0.25) is 0 Å². The summed E-state index contributed by atoms with van der Waals surface area (Å²) in [6, 6.07) is 12.0. The number of phenolic OH excluding ortho intramolecular Hbond substituents is 1. The molecule has 0 aliphatic carbocycles. The van der Waals surface area contributed by atoms with Crippen molar-refractivity contribution in [1.82, 2.24) is 0 Å². The molecule has 1 heterocycles. The molecular weight excluding hydrogens is 352 g/mol. The summed E-state index contributed by atoms with van der Waals surface area (Å²) in [7, 11) is 0. The largest absolute Gasteiger partial charge is 0.506 e. The van der Waals surface area contributed by atoms with Gasteiger partial charge in [0.05, 0.1) is 11.4 Å². The highest BCUT2D eigenvalue weighted by Crippen LogP contribution is 2.35. The van der Waals surface area contributed by atoms with Crippen molar-refractivity contribution in [3.05, 3.63) is 53.6 Å². The first kappa shape index (κ1) is 18.0. The number of nitrogens with one attached hydrogen (secondary N) is 1. The summed E-state index contributed by atoms with van der Waals surface area (Å²) in [5.74, 6) is -0.888. The van der Waals surface area contributed by atoms with Crippen LogP contribution in [-0.4, -0.2) is 27.4 Å². The smallest absolute Gasteiger partial charge is 0.293 e. The Morgan fingerprint density at radius 2 is 1.92 bits per heavy atom. The third-order valence-corrected chi connectivity index (χ3v) is 5.11. The SMILES string of the molecule is Cc1ccc(O)c(NC(=O)CC2SC(=O)N(c3ccccc3C)C2=O)c1. The molecular formula is C19H18N2O4S. The van der Waals surface area contributed by atoms with E-state index in [4.69, 9.17) is 0 Å². The number of carbonyl (C=O) groups excluding carboxylic acids is 3. The number of benzene rings is 2. The van der Waals surface area contributed by atoms with E-state index in [1.165, 1.54) is 6.07 Å². The number of carbonyl (C=O) groups is 3. The van der Waals surface area contributed by atoms with E-state index in [9.17, 15) is 19.5 Å². The number of amides is 3. The lowest BCUT2D eigenvalue weighted by Crippen LogP contribution is -2.33. The van der Waals surface area contributed by atoms with Crippen molar-refractivity contribution in [2.45, 2.75) is 25.5 Å². The van der Waals surface area contributed by atoms with Gasteiger partial charge in [-0.2, -0.15) is 0 Å². The molecule has 0 bridgehead atoms. The van der Waals surface area contributed by atoms with Crippen LogP contribution < -0.4 is 10.2 Å². The van der Waals surface area contributed by atoms with Gasteiger partial charge in [-0.3, -0.25) is 14.4 Å². The second kappa shape index (κ2) is 7.21. The number of hydrogen-bond acceptors (Lipinski definition) is 5. The molecule has 6 nitrogen and oxygen atoms in total. The molecule has 2 aromatic carbocycles. The van der Waals surface area contributed by atoms with Crippen LogP contribution in [0.4, 0.5) is 16.2 Å². The zero-order valence-corrected chi connectivity index (χ0v) is 15.2. The molecule has 0 spiro atoms. The Morgan fingerprint density at radius 3 is 2.65 bits per heavy atom. The molecule has 1 fully saturated rings. The van der Waals surface area contributed by atoms with Gasteiger partial charge in [0, 0.05) is 6.42 Å². The highest BCUT2D eigenvalue weighted by molar-refractivity contribution is 8.15. The molecule has 134 valence electrons. The van der Waals surface area contributed by atoms with Crippen LogP contribution in [-0.2, 0) is 9.59 Å². The van der Waals surface area contributed by atoms with Crippen molar-refractivity contribution < 1.29 is 19.5 Å². The molecule has 2 N–H and O–H groups in total. The van der Waals surface area contributed by atoms with Gasteiger partial charge in [0.2, 0.25) is 11.8 Å². The Labute approximate surface area is 155 Å². The molecule has 3 rings (SSSR count). The van der Waals surface area contributed by atoms with Crippen LogP contribution in [0.3, 0.4) is 0 Å². The molecule has 1 aliphatic heterocycles. The van der Waals surface area contributed by atoms with Gasteiger partial charge in [-0.1, -0.05) is 24.3 Å². The topological polar surface area (TPSA) is 86.7 Å². The number of hydrogen-bond donors (Lipinski definition) is 2. The minimum Gasteiger partial charge on any atom is -0.506 e. The summed E-state index contributed by atoms with van der Waals surface area (Å²) in [5.41, 5.74) is 2.51. The molecule has 1 saturated heterocycles. The fraction of sp³-hybridized carbons (Fsp3) is 0.211. The quantitative estimate of drug-likeness (QED) is 0.803. The van der Waals surface area contributed by atoms with Gasteiger partial charge in [0.1, 0.15) is 11.0 Å². The third kappa shape index (κ3) is 3.57. The van der Waals surface area contributed by atoms with Crippen LogP contribution in [0.1, 0.15) is 17.5 Å². The maximum Gasteiger partial charge on any atom is 0.293 e. The molecule has 7 heteroatoms. The minimum atomic E-state index is -0.783. The Morgan fingerprint density at radius 1 is 1.19 bits per heavy atom. The first-order valence-electron chi connectivity index (χ1n) is 8.06. The number of phenols is 1. The highest BCUT2D eigenvalue weighted by atomic mass is 32.2. The summed E-state index contributed by atoms with van der Waals surface area (Å²) in [6.45, 7) is 3.66. The summed E-state index contributed by atoms with van der Waals surface area (Å²) >= 11 is 0.846. The van der Waals surface area contributed by atoms with Gasteiger partial charge in [0.25, 0.3) is 5.24 Å². The van der Waals surface area contributed by atoms with Crippen LogP contribution in [0.15, 0.2) is 42.5 Å². The van der Waals surface area contributed by atoms with Crippen molar-refractivity contribution >= 4 is 40.2 Å². The van der Waals surface area contributed by atoms with E-state index in [0.717, 1.165) is 27.8 Å². The summed E-state index contributed by atoms with van der Waals surface area (Å²) in [4.78, 5) is 38.3. The first-order chi connectivity index (χ1) is 12.4. The van der Waals surface area contributed by atoms with Crippen molar-refractivity contribution in [3.63, 3.8) is 0 Å². The fourth-order valence-electron chi connectivity index (χ4n) is 2.74. The Kier molecular flexibility index (Phi) is 4.99. The maximum absolute atomic E-state index is 12.6. The van der Waals surface area contributed by atoms with Crippen LogP contribution in [0, 0.1) is 13.8 Å². The molecule has 26 heavy (non-hydrogen) atoms. The summed E-state index contributed by atoms with van der Waals surface area (Å²) in [5, 5.41) is 11.2. The second-order valence-electron chi connectivity index (χ2n) is 6.11. The molecule has 2 aromatic rings. The van der Waals surface area contributed by atoms with Gasteiger partial charge in [-0.25, -0.2) is 4.90 Å². The normalized spacial score (nSPS) is 16.8. The molecule has 0 aromatic heterocycles. The van der Waals surface area contributed by atoms with Crippen molar-refractivity contribution in [2.24, 2.45) is 0 Å². The second-order valence-corrected chi connectivity index (χ2v) is 7.26. The number of aryl methyl sites for hydroxylation is 2. The number of rotatable bonds is 4. The lowest BCUT2D eigenvalue weighted by molar-refractivity contribution is -0.121. The van der Waals surface area contributed by atoms with E-state index in [2.05, 4.69) is 5.32 Å². The minimum absolute atomic E-state index is 0.0491. The van der Waals surface area contributed by atoms with E-state index in [-0.39, 0.29) is 23.1 Å². The Balaban J connectivity index is 1.72. The van der Waals surface area contributed by atoms with Gasteiger partial charge >= 0.3 is 0 Å². The van der Waals surface area contributed by atoms with E-state index in [0.29, 0.717) is 5.69 Å². The number of para-hydroxylation sites is 1. The van der Waals surface area contributed by atoms with E-state index in [1.54, 1.807) is 24.3 Å². The fourth-order valence-corrected chi connectivity index (χ4v) is 3.72. The van der Waals surface area contributed by atoms with Crippen molar-refractivity contribution in [2.75, 3.05) is 10.2 Å². The van der Waals surface area contributed by atoms with Crippen molar-refractivity contribution in [3.8, 4) is 5.75 Å². The van der Waals surface area contributed by atoms with Gasteiger partial charge in [0.15, 0.2) is 0 Å². The molecule has 3 amide bonds. The molecule has 0 radical (unpaired) electrons. The van der Waals surface area contributed by atoms with E-state index in [1.807, 2.05) is 26.0 Å². The van der Waals surface area contributed by atoms with Gasteiger partial charge in [-0.15, -0.1) is 0 Å². The third-order valence-electron chi connectivity index (χ3n) is 4.07. The molecule has 1 atom stereocenters. The van der Waals surface area contributed by atoms with Crippen LogP contribution >= 0.6 is 11.8 Å². The zero-order chi connectivity index (χ0) is 18.8. The monoisotopic (exact) mass is 370 g/mol. The Bertz CT molecular complexity index is 897. The Hall–Kier alpha value is -2.80. The predicted octanol–water partition coefficient (Wildman–Crippen LogP) is 3.61.